The molecule has 5 nitrogen and oxygen atoms in total. The topological polar surface area (TPSA) is 75.4 Å². The zero-order chi connectivity index (χ0) is 13.4. The molecule has 6 heteroatoms. The SMILES string of the molecule is O=C(O)[C@H]1NC(Br)CCC1c1nc2ccccc2o1. The lowest BCUT2D eigenvalue weighted by atomic mass is 9.91. The summed E-state index contributed by atoms with van der Waals surface area (Å²) < 4.78 is 5.69. The normalized spacial score (nSPS) is 27.5. The maximum atomic E-state index is 11.3. The van der Waals surface area contributed by atoms with Gasteiger partial charge in [-0.1, -0.05) is 28.1 Å². The molecular formula is C13H13BrN2O3. The molecule has 3 atom stereocenters. The molecule has 2 unspecified atom stereocenters. The van der Waals surface area contributed by atoms with E-state index in [0.717, 1.165) is 18.4 Å². The third-order valence-corrected chi connectivity index (χ3v) is 4.11. The monoisotopic (exact) mass is 324 g/mol. The van der Waals surface area contributed by atoms with E-state index in [4.69, 9.17) is 4.42 Å². The second kappa shape index (κ2) is 4.94. The number of nitrogens with zero attached hydrogens (tertiary/aromatic N) is 1. The fourth-order valence-corrected chi connectivity index (χ4v) is 2.99. The predicted octanol–water partition coefficient (Wildman–Crippen LogP) is 2.47. The molecule has 19 heavy (non-hydrogen) atoms. The minimum Gasteiger partial charge on any atom is -0.480 e. The van der Waals surface area contributed by atoms with Crippen LogP contribution in [0.3, 0.4) is 0 Å². The molecule has 0 bridgehead atoms. The summed E-state index contributed by atoms with van der Waals surface area (Å²) in [7, 11) is 0. The number of halogens is 1. The zero-order valence-electron chi connectivity index (χ0n) is 10.0. The van der Waals surface area contributed by atoms with E-state index in [-0.39, 0.29) is 10.9 Å². The van der Waals surface area contributed by atoms with Gasteiger partial charge in [0.2, 0.25) is 5.89 Å². The van der Waals surface area contributed by atoms with E-state index in [9.17, 15) is 9.90 Å². The lowest BCUT2D eigenvalue weighted by molar-refractivity contribution is -0.140. The first kappa shape index (κ1) is 12.6. The molecule has 2 N–H and O–H groups in total. The summed E-state index contributed by atoms with van der Waals surface area (Å²) >= 11 is 3.41. The van der Waals surface area contributed by atoms with Gasteiger partial charge in [0, 0.05) is 0 Å². The summed E-state index contributed by atoms with van der Waals surface area (Å²) in [4.78, 5) is 15.8. The summed E-state index contributed by atoms with van der Waals surface area (Å²) in [6, 6.07) is 6.79. The number of para-hydroxylation sites is 2. The minimum absolute atomic E-state index is 0.0224. The van der Waals surface area contributed by atoms with Gasteiger partial charge < -0.3 is 9.52 Å². The Hall–Kier alpha value is -1.40. The first-order valence-corrected chi connectivity index (χ1v) is 7.05. The number of oxazole rings is 1. The molecule has 1 aliphatic rings. The van der Waals surface area contributed by atoms with Crippen molar-refractivity contribution in [2.45, 2.75) is 29.8 Å². The maximum Gasteiger partial charge on any atom is 0.321 e. The minimum atomic E-state index is -0.878. The molecule has 1 saturated heterocycles. The average Bonchev–Trinajstić information content (AvgIpc) is 2.82. The maximum absolute atomic E-state index is 11.3. The summed E-state index contributed by atoms with van der Waals surface area (Å²) in [6.07, 6.45) is 1.57. The first-order chi connectivity index (χ1) is 9.15. The number of carbonyl (C=O) groups is 1. The van der Waals surface area contributed by atoms with Gasteiger partial charge in [0.05, 0.1) is 10.9 Å². The van der Waals surface area contributed by atoms with E-state index < -0.39 is 12.0 Å². The number of rotatable bonds is 2. The van der Waals surface area contributed by atoms with Crippen molar-refractivity contribution in [3.8, 4) is 0 Å². The van der Waals surface area contributed by atoms with Crippen LogP contribution in [0.5, 0.6) is 0 Å². The Labute approximate surface area is 118 Å². The second-order valence-electron chi connectivity index (χ2n) is 4.65. The Kier molecular flexibility index (Phi) is 3.28. The van der Waals surface area contributed by atoms with Crippen LogP contribution in [-0.4, -0.2) is 27.1 Å². The molecule has 0 amide bonds. The Morgan fingerprint density at radius 3 is 2.95 bits per heavy atom. The summed E-state index contributed by atoms with van der Waals surface area (Å²) in [5.74, 6) is -0.615. The van der Waals surface area contributed by atoms with Crippen LogP contribution >= 0.6 is 15.9 Å². The summed E-state index contributed by atoms with van der Waals surface area (Å²) in [5, 5.41) is 12.3. The van der Waals surface area contributed by atoms with Crippen molar-refractivity contribution in [2.24, 2.45) is 0 Å². The van der Waals surface area contributed by atoms with Gasteiger partial charge in [-0.25, -0.2) is 4.98 Å². The lowest BCUT2D eigenvalue weighted by Crippen LogP contribution is -2.48. The van der Waals surface area contributed by atoms with Crippen LogP contribution in [0.2, 0.25) is 0 Å². The van der Waals surface area contributed by atoms with Crippen LogP contribution < -0.4 is 5.32 Å². The van der Waals surface area contributed by atoms with Gasteiger partial charge in [-0.15, -0.1) is 0 Å². The lowest BCUT2D eigenvalue weighted by Gasteiger charge is -2.30. The third kappa shape index (κ3) is 2.37. The first-order valence-electron chi connectivity index (χ1n) is 6.13. The molecule has 0 spiro atoms. The van der Waals surface area contributed by atoms with Crippen LogP contribution in [0.15, 0.2) is 28.7 Å². The number of carboxylic acids is 1. The zero-order valence-corrected chi connectivity index (χ0v) is 11.6. The van der Waals surface area contributed by atoms with Crippen LogP contribution in [-0.2, 0) is 4.79 Å². The fourth-order valence-electron chi connectivity index (χ4n) is 2.44. The standard InChI is InChI=1S/C13H13BrN2O3/c14-10-6-5-7(11(16-10)13(17)18)12-15-8-3-1-2-4-9(8)19-12/h1-4,7,10-11,16H,5-6H2,(H,17,18)/t7?,10?,11-/m0/s1. The molecule has 0 aliphatic carbocycles. The van der Waals surface area contributed by atoms with Crippen LogP contribution in [0, 0.1) is 0 Å². The van der Waals surface area contributed by atoms with Gasteiger partial charge in [0.15, 0.2) is 5.58 Å². The molecule has 3 rings (SSSR count). The average molecular weight is 325 g/mol. The number of hydrogen-bond acceptors (Lipinski definition) is 4. The Morgan fingerprint density at radius 1 is 1.42 bits per heavy atom. The molecule has 1 fully saturated rings. The van der Waals surface area contributed by atoms with Crippen molar-refractivity contribution in [2.75, 3.05) is 0 Å². The van der Waals surface area contributed by atoms with E-state index in [1.807, 2.05) is 24.3 Å². The number of benzene rings is 1. The number of carboxylic acid groups (broad SMARTS) is 1. The number of alkyl halides is 1. The van der Waals surface area contributed by atoms with E-state index >= 15 is 0 Å². The van der Waals surface area contributed by atoms with Crippen molar-refractivity contribution in [1.82, 2.24) is 10.3 Å². The van der Waals surface area contributed by atoms with E-state index in [1.54, 1.807) is 0 Å². The van der Waals surface area contributed by atoms with Crippen molar-refractivity contribution in [3.63, 3.8) is 0 Å². The Balaban J connectivity index is 1.96. The Bertz CT molecular complexity index is 580. The highest BCUT2D eigenvalue weighted by Gasteiger charge is 2.37. The number of aliphatic carboxylic acids is 1. The Morgan fingerprint density at radius 2 is 2.21 bits per heavy atom. The number of hydrogen-bond donors (Lipinski definition) is 2. The number of nitrogens with one attached hydrogen (secondary N) is 1. The van der Waals surface area contributed by atoms with Crippen molar-refractivity contribution < 1.29 is 14.3 Å². The van der Waals surface area contributed by atoms with Gasteiger partial charge in [-0.2, -0.15) is 0 Å². The van der Waals surface area contributed by atoms with E-state index in [0.29, 0.717) is 11.5 Å². The molecule has 2 aromatic rings. The highest BCUT2D eigenvalue weighted by atomic mass is 79.9. The molecule has 0 saturated carbocycles. The molecule has 1 aromatic heterocycles. The van der Waals surface area contributed by atoms with Gasteiger partial charge in [0.25, 0.3) is 0 Å². The van der Waals surface area contributed by atoms with Crippen LogP contribution in [0.4, 0.5) is 0 Å². The molecule has 1 aromatic carbocycles. The smallest absolute Gasteiger partial charge is 0.321 e. The quantitative estimate of drug-likeness (QED) is 0.655. The van der Waals surface area contributed by atoms with E-state index in [2.05, 4.69) is 26.2 Å². The number of fused-ring (bicyclic) bond motifs is 1. The van der Waals surface area contributed by atoms with Crippen LogP contribution in [0.25, 0.3) is 11.1 Å². The van der Waals surface area contributed by atoms with Gasteiger partial charge in [-0.3, -0.25) is 10.1 Å². The van der Waals surface area contributed by atoms with Crippen molar-refractivity contribution >= 4 is 33.0 Å². The molecule has 2 heterocycles. The summed E-state index contributed by atoms with van der Waals surface area (Å²) in [6.45, 7) is 0. The third-order valence-electron chi connectivity index (χ3n) is 3.39. The summed E-state index contributed by atoms with van der Waals surface area (Å²) in [5.41, 5.74) is 1.46. The second-order valence-corrected chi connectivity index (χ2v) is 5.76. The predicted molar refractivity (Wildman–Crippen MR) is 73.3 cm³/mol. The van der Waals surface area contributed by atoms with Gasteiger partial charge in [0.1, 0.15) is 11.6 Å². The van der Waals surface area contributed by atoms with Crippen molar-refractivity contribution in [3.05, 3.63) is 30.2 Å². The highest BCUT2D eigenvalue weighted by molar-refractivity contribution is 9.09. The number of piperidine rings is 1. The van der Waals surface area contributed by atoms with Gasteiger partial charge >= 0.3 is 5.97 Å². The van der Waals surface area contributed by atoms with Crippen LogP contribution in [0.1, 0.15) is 24.7 Å². The molecule has 100 valence electrons. The van der Waals surface area contributed by atoms with Gasteiger partial charge in [-0.05, 0) is 25.0 Å². The molecule has 1 aliphatic heterocycles. The molecule has 0 radical (unpaired) electrons. The molecular weight excluding hydrogens is 312 g/mol. The highest BCUT2D eigenvalue weighted by Crippen LogP contribution is 2.32. The van der Waals surface area contributed by atoms with Crippen molar-refractivity contribution in [1.29, 1.82) is 0 Å². The fraction of sp³-hybridized carbons (Fsp3) is 0.385. The largest absolute Gasteiger partial charge is 0.480 e. The number of aromatic nitrogens is 1. The van der Waals surface area contributed by atoms with E-state index in [1.165, 1.54) is 0 Å².